The molecule has 1 amide bonds. The first kappa shape index (κ1) is 17.4. The molecule has 2 N–H and O–H groups in total. The molecule has 0 atom stereocenters. The normalized spacial score (nSPS) is 15.8. The van der Waals surface area contributed by atoms with E-state index in [9.17, 15) is 4.79 Å². The lowest BCUT2D eigenvalue weighted by atomic mass is 10.0. The Morgan fingerprint density at radius 1 is 1.20 bits per heavy atom. The lowest BCUT2D eigenvalue weighted by Crippen LogP contribution is -2.38. The zero-order valence-electron chi connectivity index (χ0n) is 15.0. The summed E-state index contributed by atoms with van der Waals surface area (Å²) in [6.07, 6.45) is 2.22. The van der Waals surface area contributed by atoms with Gasteiger partial charge in [-0.05, 0) is 49.6 Å². The van der Waals surface area contributed by atoms with E-state index >= 15 is 0 Å². The summed E-state index contributed by atoms with van der Waals surface area (Å²) < 4.78 is 0. The molecule has 2 aromatic rings. The average Bonchev–Trinajstić information content (AvgIpc) is 2.56. The zero-order valence-corrected chi connectivity index (χ0v) is 15.0. The second-order valence-corrected chi connectivity index (χ2v) is 6.74. The van der Waals surface area contributed by atoms with Crippen LogP contribution in [0.1, 0.15) is 31.0 Å². The van der Waals surface area contributed by atoms with Crippen LogP contribution in [0, 0.1) is 6.92 Å². The number of hydrogen-bond acceptors (Lipinski definition) is 4. The summed E-state index contributed by atoms with van der Waals surface area (Å²) in [5.74, 6) is 0.940. The van der Waals surface area contributed by atoms with Crippen molar-refractivity contribution in [2.45, 2.75) is 39.3 Å². The predicted molar refractivity (Wildman–Crippen MR) is 102 cm³/mol. The summed E-state index contributed by atoms with van der Waals surface area (Å²) in [5.41, 5.74) is 3.14. The van der Waals surface area contributed by atoms with Crippen molar-refractivity contribution in [1.82, 2.24) is 9.88 Å². The minimum absolute atomic E-state index is 0.0335. The third kappa shape index (κ3) is 5.29. The van der Waals surface area contributed by atoms with Gasteiger partial charge < -0.3 is 10.6 Å². The number of carbonyl (C=O) groups is 1. The van der Waals surface area contributed by atoms with Gasteiger partial charge in [0.15, 0.2) is 0 Å². The summed E-state index contributed by atoms with van der Waals surface area (Å²) in [4.78, 5) is 18.2. The highest BCUT2D eigenvalue weighted by atomic mass is 16.1. The molecule has 0 radical (unpaired) electrons. The van der Waals surface area contributed by atoms with Gasteiger partial charge in [0, 0.05) is 44.0 Å². The number of nitrogens with one attached hydrogen (secondary N) is 2. The van der Waals surface area contributed by atoms with E-state index in [0.717, 1.165) is 49.7 Å². The molecular formula is C20H26N4O. The Bertz CT molecular complexity index is 723. The maximum Gasteiger partial charge on any atom is 0.221 e. The van der Waals surface area contributed by atoms with Crippen LogP contribution in [0.3, 0.4) is 0 Å². The standard InChI is InChI=1S/C20H26N4O/c1-15-5-3-8-20(21-15)23-18-9-11-24(12-10-18)14-17-6-4-7-19(13-17)22-16(2)25/h3-8,13,18H,9-12,14H2,1-2H3,(H,21,23)(H,22,25). The minimum Gasteiger partial charge on any atom is -0.367 e. The number of piperidine rings is 1. The predicted octanol–water partition coefficient (Wildman–Crippen LogP) is 3.42. The highest BCUT2D eigenvalue weighted by molar-refractivity contribution is 5.88. The second-order valence-electron chi connectivity index (χ2n) is 6.74. The van der Waals surface area contributed by atoms with Crippen LogP contribution in [0.25, 0.3) is 0 Å². The topological polar surface area (TPSA) is 57.3 Å². The molecule has 1 aliphatic heterocycles. The molecule has 1 aromatic heterocycles. The van der Waals surface area contributed by atoms with Gasteiger partial charge in [0.1, 0.15) is 5.82 Å². The number of nitrogens with zero attached hydrogens (tertiary/aromatic N) is 2. The fraction of sp³-hybridized carbons (Fsp3) is 0.400. The highest BCUT2D eigenvalue weighted by Crippen LogP contribution is 2.19. The molecule has 0 aliphatic carbocycles. The molecule has 0 bridgehead atoms. The van der Waals surface area contributed by atoms with Crippen molar-refractivity contribution in [1.29, 1.82) is 0 Å². The molecule has 2 heterocycles. The molecule has 0 unspecified atom stereocenters. The van der Waals surface area contributed by atoms with Crippen molar-refractivity contribution >= 4 is 17.4 Å². The number of pyridine rings is 1. The summed E-state index contributed by atoms with van der Waals surface area (Å²) >= 11 is 0. The fourth-order valence-corrected chi connectivity index (χ4v) is 3.28. The lowest BCUT2D eigenvalue weighted by molar-refractivity contribution is -0.114. The number of aromatic nitrogens is 1. The lowest BCUT2D eigenvalue weighted by Gasteiger charge is -2.32. The molecule has 5 nitrogen and oxygen atoms in total. The van der Waals surface area contributed by atoms with E-state index in [4.69, 9.17) is 0 Å². The van der Waals surface area contributed by atoms with Crippen molar-refractivity contribution in [3.05, 3.63) is 53.7 Å². The largest absolute Gasteiger partial charge is 0.367 e. The van der Waals surface area contributed by atoms with Crippen LogP contribution >= 0.6 is 0 Å². The Hall–Kier alpha value is -2.40. The molecule has 132 valence electrons. The van der Waals surface area contributed by atoms with E-state index in [0.29, 0.717) is 6.04 Å². The van der Waals surface area contributed by atoms with E-state index in [1.165, 1.54) is 12.5 Å². The molecule has 0 spiro atoms. The number of carbonyl (C=O) groups excluding carboxylic acids is 1. The smallest absolute Gasteiger partial charge is 0.221 e. The van der Waals surface area contributed by atoms with Crippen molar-refractivity contribution in [3.63, 3.8) is 0 Å². The van der Waals surface area contributed by atoms with Crippen LogP contribution in [0.4, 0.5) is 11.5 Å². The first-order valence-electron chi connectivity index (χ1n) is 8.87. The molecule has 1 saturated heterocycles. The summed E-state index contributed by atoms with van der Waals surface area (Å²) in [7, 11) is 0. The highest BCUT2D eigenvalue weighted by Gasteiger charge is 2.19. The van der Waals surface area contributed by atoms with E-state index in [1.807, 2.05) is 37.3 Å². The number of likely N-dealkylation sites (tertiary alicyclic amines) is 1. The van der Waals surface area contributed by atoms with Gasteiger partial charge in [-0.25, -0.2) is 4.98 Å². The number of anilines is 2. The van der Waals surface area contributed by atoms with Gasteiger partial charge in [-0.2, -0.15) is 0 Å². The van der Waals surface area contributed by atoms with E-state index < -0.39 is 0 Å². The van der Waals surface area contributed by atoms with Crippen LogP contribution in [0.2, 0.25) is 0 Å². The van der Waals surface area contributed by atoms with Gasteiger partial charge in [0.05, 0.1) is 0 Å². The molecule has 25 heavy (non-hydrogen) atoms. The van der Waals surface area contributed by atoms with Gasteiger partial charge in [-0.3, -0.25) is 9.69 Å². The fourth-order valence-electron chi connectivity index (χ4n) is 3.28. The monoisotopic (exact) mass is 338 g/mol. The van der Waals surface area contributed by atoms with Gasteiger partial charge in [0.2, 0.25) is 5.91 Å². The van der Waals surface area contributed by atoms with E-state index in [1.54, 1.807) is 0 Å². The molecule has 1 aromatic carbocycles. The Kier molecular flexibility index (Phi) is 5.66. The van der Waals surface area contributed by atoms with Crippen LogP contribution in [-0.2, 0) is 11.3 Å². The maximum atomic E-state index is 11.2. The third-order valence-electron chi connectivity index (χ3n) is 4.48. The van der Waals surface area contributed by atoms with Crippen molar-refractivity contribution in [2.24, 2.45) is 0 Å². The van der Waals surface area contributed by atoms with Gasteiger partial charge in [-0.15, -0.1) is 0 Å². The van der Waals surface area contributed by atoms with Crippen LogP contribution in [0.15, 0.2) is 42.5 Å². The maximum absolute atomic E-state index is 11.2. The number of hydrogen-bond donors (Lipinski definition) is 2. The summed E-state index contributed by atoms with van der Waals surface area (Å²) in [5, 5.41) is 6.40. The molecule has 5 heteroatoms. The Morgan fingerprint density at radius 3 is 2.68 bits per heavy atom. The first-order valence-corrected chi connectivity index (χ1v) is 8.87. The second kappa shape index (κ2) is 8.12. The number of amides is 1. The van der Waals surface area contributed by atoms with E-state index in [-0.39, 0.29) is 5.91 Å². The summed E-state index contributed by atoms with van der Waals surface area (Å²) in [6.45, 7) is 6.60. The average molecular weight is 338 g/mol. The SMILES string of the molecule is CC(=O)Nc1cccc(CN2CCC(Nc3cccc(C)n3)CC2)c1. The van der Waals surface area contributed by atoms with Crippen molar-refractivity contribution in [3.8, 4) is 0 Å². The Labute approximate surface area is 149 Å². The van der Waals surface area contributed by atoms with Gasteiger partial charge in [0.25, 0.3) is 0 Å². The van der Waals surface area contributed by atoms with Crippen LogP contribution in [0.5, 0.6) is 0 Å². The Balaban J connectivity index is 1.50. The zero-order chi connectivity index (χ0) is 17.6. The van der Waals surface area contributed by atoms with Crippen molar-refractivity contribution < 1.29 is 4.79 Å². The molecule has 1 fully saturated rings. The quantitative estimate of drug-likeness (QED) is 0.877. The number of benzene rings is 1. The van der Waals surface area contributed by atoms with Crippen LogP contribution < -0.4 is 10.6 Å². The third-order valence-corrected chi connectivity index (χ3v) is 4.48. The minimum atomic E-state index is -0.0335. The summed E-state index contributed by atoms with van der Waals surface area (Å²) in [6, 6.07) is 14.7. The molecule has 3 rings (SSSR count). The van der Waals surface area contributed by atoms with Gasteiger partial charge >= 0.3 is 0 Å². The van der Waals surface area contributed by atoms with Crippen LogP contribution in [-0.4, -0.2) is 34.9 Å². The first-order chi connectivity index (χ1) is 12.1. The number of rotatable bonds is 5. The van der Waals surface area contributed by atoms with E-state index in [2.05, 4.69) is 32.7 Å². The molecule has 1 aliphatic rings. The van der Waals surface area contributed by atoms with Crippen molar-refractivity contribution in [2.75, 3.05) is 23.7 Å². The molecular weight excluding hydrogens is 312 g/mol. The number of aryl methyl sites for hydroxylation is 1. The van der Waals surface area contributed by atoms with Gasteiger partial charge in [-0.1, -0.05) is 18.2 Å². The molecule has 0 saturated carbocycles. The Morgan fingerprint density at radius 2 is 1.96 bits per heavy atom.